The Balaban J connectivity index is 1.85. The summed E-state index contributed by atoms with van der Waals surface area (Å²) in [7, 11) is 0. The molecule has 0 spiro atoms. The molecular weight excluding hydrogens is 308 g/mol. The maximum atomic E-state index is 5.61. The molecule has 0 bridgehead atoms. The number of hydrogen-bond donors (Lipinski definition) is 0. The lowest BCUT2D eigenvalue weighted by Crippen LogP contribution is -2.06. The van der Waals surface area contributed by atoms with Gasteiger partial charge in [-0.1, -0.05) is 43.7 Å². The van der Waals surface area contributed by atoms with Crippen LogP contribution in [-0.2, 0) is 11.2 Å². The van der Waals surface area contributed by atoms with Crippen molar-refractivity contribution in [1.29, 1.82) is 0 Å². The second kappa shape index (κ2) is 11.3. The molecule has 2 heteroatoms. The number of rotatable bonds is 9. The summed E-state index contributed by atoms with van der Waals surface area (Å²) in [6.45, 7) is 6.12. The van der Waals surface area contributed by atoms with E-state index in [0.717, 1.165) is 29.9 Å². The number of ether oxygens (including phenoxy) is 2. The Kier molecular flexibility index (Phi) is 8.66. The van der Waals surface area contributed by atoms with Gasteiger partial charge in [0.1, 0.15) is 12.4 Å². The fourth-order valence-corrected chi connectivity index (χ4v) is 2.48. The van der Waals surface area contributed by atoms with Gasteiger partial charge in [0.15, 0.2) is 0 Å². The van der Waals surface area contributed by atoms with Gasteiger partial charge < -0.3 is 9.47 Å². The number of aryl methyl sites for hydroxylation is 1. The lowest BCUT2D eigenvalue weighted by atomic mass is 10.1. The highest BCUT2D eigenvalue weighted by Gasteiger charge is 1.95. The van der Waals surface area contributed by atoms with Gasteiger partial charge in [-0.05, 0) is 61.7 Å². The van der Waals surface area contributed by atoms with Crippen molar-refractivity contribution in [3.63, 3.8) is 0 Å². The first-order valence-electron chi connectivity index (χ1n) is 9.23. The van der Waals surface area contributed by atoms with E-state index in [4.69, 9.17) is 9.47 Å². The predicted molar refractivity (Wildman–Crippen MR) is 104 cm³/mol. The molecular formula is C23H28O2. The molecule has 0 radical (unpaired) electrons. The molecule has 2 aromatic rings. The second-order valence-electron chi connectivity index (χ2n) is 5.97. The van der Waals surface area contributed by atoms with Crippen LogP contribution < -0.4 is 4.74 Å². The van der Waals surface area contributed by atoms with Crippen molar-refractivity contribution in [3.8, 4) is 17.6 Å². The van der Waals surface area contributed by atoms with E-state index in [9.17, 15) is 0 Å². The highest BCUT2D eigenvalue weighted by molar-refractivity contribution is 5.44. The van der Waals surface area contributed by atoms with Gasteiger partial charge in [0.05, 0.1) is 6.61 Å². The third-order valence-electron chi connectivity index (χ3n) is 3.93. The SMILES string of the molecule is CCCCCc1ccc(C#Cc2ccc(OCCOCC)cc2)cc1. The van der Waals surface area contributed by atoms with Crippen LogP contribution in [0.1, 0.15) is 49.8 Å². The van der Waals surface area contributed by atoms with Crippen molar-refractivity contribution < 1.29 is 9.47 Å². The summed E-state index contributed by atoms with van der Waals surface area (Å²) in [6, 6.07) is 16.5. The Morgan fingerprint density at radius 3 is 2.00 bits per heavy atom. The monoisotopic (exact) mass is 336 g/mol. The van der Waals surface area contributed by atoms with Gasteiger partial charge in [0, 0.05) is 17.7 Å². The van der Waals surface area contributed by atoms with E-state index in [2.05, 4.69) is 43.0 Å². The Labute approximate surface area is 152 Å². The van der Waals surface area contributed by atoms with E-state index in [1.807, 2.05) is 31.2 Å². The molecule has 0 aliphatic rings. The number of hydrogen-bond acceptors (Lipinski definition) is 2. The molecule has 0 saturated heterocycles. The number of benzene rings is 2. The quantitative estimate of drug-likeness (QED) is 0.461. The summed E-state index contributed by atoms with van der Waals surface area (Å²) >= 11 is 0. The molecule has 0 aliphatic carbocycles. The maximum absolute atomic E-state index is 5.61. The minimum Gasteiger partial charge on any atom is -0.491 e. The van der Waals surface area contributed by atoms with Crippen LogP contribution in [0.2, 0.25) is 0 Å². The Morgan fingerprint density at radius 2 is 1.40 bits per heavy atom. The van der Waals surface area contributed by atoms with Crippen LogP contribution in [0.15, 0.2) is 48.5 Å². The van der Waals surface area contributed by atoms with Gasteiger partial charge in [-0.2, -0.15) is 0 Å². The molecule has 0 aromatic heterocycles. The largest absolute Gasteiger partial charge is 0.491 e. The van der Waals surface area contributed by atoms with Crippen molar-refractivity contribution in [2.24, 2.45) is 0 Å². The zero-order chi connectivity index (χ0) is 17.7. The topological polar surface area (TPSA) is 18.5 Å². The second-order valence-corrected chi connectivity index (χ2v) is 5.97. The van der Waals surface area contributed by atoms with Crippen LogP contribution in [-0.4, -0.2) is 19.8 Å². The van der Waals surface area contributed by atoms with Crippen LogP contribution in [0, 0.1) is 11.8 Å². The van der Waals surface area contributed by atoms with Gasteiger partial charge in [0.2, 0.25) is 0 Å². The highest BCUT2D eigenvalue weighted by atomic mass is 16.5. The van der Waals surface area contributed by atoms with Crippen LogP contribution in [0.25, 0.3) is 0 Å². The molecule has 25 heavy (non-hydrogen) atoms. The van der Waals surface area contributed by atoms with Gasteiger partial charge in [0.25, 0.3) is 0 Å². The normalized spacial score (nSPS) is 10.2. The molecule has 0 fully saturated rings. The fraction of sp³-hybridized carbons (Fsp3) is 0.391. The minimum atomic E-state index is 0.573. The Morgan fingerprint density at radius 1 is 0.760 bits per heavy atom. The van der Waals surface area contributed by atoms with Crippen molar-refractivity contribution in [3.05, 3.63) is 65.2 Å². The van der Waals surface area contributed by atoms with E-state index in [0.29, 0.717) is 13.2 Å². The molecule has 0 saturated carbocycles. The van der Waals surface area contributed by atoms with Gasteiger partial charge in [-0.25, -0.2) is 0 Å². The summed E-state index contributed by atoms with van der Waals surface area (Å²) in [5, 5.41) is 0. The highest BCUT2D eigenvalue weighted by Crippen LogP contribution is 2.12. The fourth-order valence-electron chi connectivity index (χ4n) is 2.48. The standard InChI is InChI=1S/C23H28O2/c1-3-5-6-7-20-8-10-21(11-9-20)12-13-22-14-16-23(17-15-22)25-19-18-24-4-2/h8-11,14-17H,3-7,18-19H2,1-2H3. The molecule has 2 nitrogen and oxygen atoms in total. The van der Waals surface area contributed by atoms with Crippen LogP contribution >= 0.6 is 0 Å². The average Bonchev–Trinajstić information content (AvgIpc) is 2.66. The first-order valence-corrected chi connectivity index (χ1v) is 9.23. The zero-order valence-corrected chi connectivity index (χ0v) is 15.4. The van der Waals surface area contributed by atoms with Crippen molar-refractivity contribution in [2.75, 3.05) is 19.8 Å². The summed E-state index contributed by atoms with van der Waals surface area (Å²) in [6.07, 6.45) is 4.99. The van der Waals surface area contributed by atoms with E-state index >= 15 is 0 Å². The molecule has 0 unspecified atom stereocenters. The summed E-state index contributed by atoms with van der Waals surface area (Å²) in [5.41, 5.74) is 3.44. The first kappa shape index (κ1) is 19.1. The molecule has 132 valence electrons. The average molecular weight is 336 g/mol. The van der Waals surface area contributed by atoms with Crippen molar-refractivity contribution >= 4 is 0 Å². The summed E-state index contributed by atoms with van der Waals surface area (Å²) < 4.78 is 10.9. The molecule has 0 amide bonds. The smallest absolute Gasteiger partial charge is 0.119 e. The number of unbranched alkanes of at least 4 members (excludes halogenated alkanes) is 2. The van der Waals surface area contributed by atoms with E-state index in [-0.39, 0.29) is 0 Å². The van der Waals surface area contributed by atoms with Gasteiger partial charge in [-0.15, -0.1) is 0 Å². The van der Waals surface area contributed by atoms with Gasteiger partial charge in [-0.3, -0.25) is 0 Å². The van der Waals surface area contributed by atoms with E-state index in [1.54, 1.807) is 0 Å². The molecule has 0 heterocycles. The van der Waals surface area contributed by atoms with E-state index < -0.39 is 0 Å². The van der Waals surface area contributed by atoms with Crippen molar-refractivity contribution in [1.82, 2.24) is 0 Å². The van der Waals surface area contributed by atoms with Crippen LogP contribution in [0.4, 0.5) is 0 Å². The Bertz CT molecular complexity index is 660. The lowest BCUT2D eigenvalue weighted by Gasteiger charge is -2.05. The van der Waals surface area contributed by atoms with E-state index in [1.165, 1.54) is 24.8 Å². The zero-order valence-electron chi connectivity index (χ0n) is 15.4. The molecule has 2 rings (SSSR count). The molecule has 0 atom stereocenters. The molecule has 2 aromatic carbocycles. The van der Waals surface area contributed by atoms with Crippen molar-refractivity contribution in [2.45, 2.75) is 39.5 Å². The minimum absolute atomic E-state index is 0.573. The van der Waals surface area contributed by atoms with Crippen LogP contribution in [0.5, 0.6) is 5.75 Å². The third kappa shape index (κ3) is 7.45. The molecule has 0 aliphatic heterocycles. The summed E-state index contributed by atoms with van der Waals surface area (Å²) in [5.74, 6) is 7.28. The molecule has 0 N–H and O–H groups in total. The van der Waals surface area contributed by atoms with Gasteiger partial charge >= 0.3 is 0 Å². The third-order valence-corrected chi connectivity index (χ3v) is 3.93. The first-order chi connectivity index (χ1) is 12.3. The lowest BCUT2D eigenvalue weighted by molar-refractivity contribution is 0.110. The predicted octanol–water partition coefficient (Wildman–Crippen LogP) is 5.23. The summed E-state index contributed by atoms with van der Waals surface area (Å²) in [4.78, 5) is 0. The van der Waals surface area contributed by atoms with Crippen LogP contribution in [0.3, 0.4) is 0 Å². The Hall–Kier alpha value is -2.24. The maximum Gasteiger partial charge on any atom is 0.119 e.